The van der Waals surface area contributed by atoms with Crippen LogP contribution in [0.2, 0.25) is 0 Å². The number of carbonyl (C=O) groups is 1. The number of amides is 1. The van der Waals surface area contributed by atoms with Gasteiger partial charge in [-0.15, -0.1) is 0 Å². The van der Waals surface area contributed by atoms with Gasteiger partial charge in [0.05, 0.1) is 16.8 Å². The standard InChI is InChI=1S/C15H19BrN2O/c1-11-8-12(2)10-13(9-11)18(7-5-6-17)14(19)15(3,4)16/h8-10H,5,7H2,1-4H3. The molecule has 0 saturated heterocycles. The van der Waals surface area contributed by atoms with E-state index in [1.165, 1.54) is 0 Å². The molecule has 0 aliphatic carbocycles. The van der Waals surface area contributed by atoms with Crippen molar-refractivity contribution in [3.05, 3.63) is 29.3 Å². The Kier molecular flexibility index (Phi) is 5.13. The second kappa shape index (κ2) is 6.21. The largest absolute Gasteiger partial charge is 0.310 e. The molecule has 1 aromatic carbocycles. The zero-order valence-corrected chi connectivity index (χ0v) is 13.4. The van der Waals surface area contributed by atoms with Crippen LogP contribution in [0.25, 0.3) is 0 Å². The lowest BCUT2D eigenvalue weighted by molar-refractivity contribution is -0.119. The molecular formula is C15H19BrN2O. The Balaban J connectivity index is 3.16. The highest BCUT2D eigenvalue weighted by atomic mass is 79.9. The Morgan fingerprint density at radius 3 is 2.26 bits per heavy atom. The number of aryl methyl sites for hydroxylation is 2. The van der Waals surface area contributed by atoms with E-state index in [9.17, 15) is 4.79 Å². The van der Waals surface area contributed by atoms with Crippen molar-refractivity contribution >= 4 is 27.5 Å². The molecule has 0 bridgehead atoms. The molecule has 0 aromatic heterocycles. The van der Waals surface area contributed by atoms with Crippen molar-refractivity contribution in [3.63, 3.8) is 0 Å². The van der Waals surface area contributed by atoms with E-state index in [4.69, 9.17) is 5.26 Å². The molecule has 0 spiro atoms. The third-order valence-corrected chi connectivity index (χ3v) is 3.06. The van der Waals surface area contributed by atoms with Crippen LogP contribution in [-0.4, -0.2) is 16.8 Å². The molecule has 0 aliphatic heterocycles. The quantitative estimate of drug-likeness (QED) is 0.793. The van der Waals surface area contributed by atoms with Gasteiger partial charge in [0.15, 0.2) is 0 Å². The van der Waals surface area contributed by atoms with Gasteiger partial charge in [-0.1, -0.05) is 22.0 Å². The van der Waals surface area contributed by atoms with Gasteiger partial charge >= 0.3 is 0 Å². The number of nitriles is 1. The Labute approximate surface area is 123 Å². The third-order valence-electron chi connectivity index (χ3n) is 2.72. The highest BCUT2D eigenvalue weighted by Crippen LogP contribution is 2.26. The Morgan fingerprint density at radius 2 is 1.84 bits per heavy atom. The lowest BCUT2D eigenvalue weighted by atomic mass is 10.1. The van der Waals surface area contributed by atoms with Crippen LogP contribution in [-0.2, 0) is 4.79 Å². The second-order valence-corrected chi connectivity index (χ2v) is 7.17. The van der Waals surface area contributed by atoms with Crippen molar-refractivity contribution in [3.8, 4) is 6.07 Å². The number of carbonyl (C=O) groups excluding carboxylic acids is 1. The predicted octanol–water partition coefficient (Wildman–Crippen LogP) is 3.72. The molecule has 19 heavy (non-hydrogen) atoms. The maximum absolute atomic E-state index is 12.5. The molecule has 4 heteroatoms. The summed E-state index contributed by atoms with van der Waals surface area (Å²) in [5.41, 5.74) is 3.07. The fourth-order valence-electron chi connectivity index (χ4n) is 1.94. The SMILES string of the molecule is Cc1cc(C)cc(N(CCC#N)C(=O)C(C)(C)Br)c1. The summed E-state index contributed by atoms with van der Waals surface area (Å²) in [6.07, 6.45) is 0.321. The van der Waals surface area contributed by atoms with E-state index < -0.39 is 4.32 Å². The average molecular weight is 323 g/mol. The Morgan fingerprint density at radius 1 is 1.32 bits per heavy atom. The van der Waals surface area contributed by atoms with Crippen LogP contribution in [0.5, 0.6) is 0 Å². The Bertz CT molecular complexity index is 492. The second-order valence-electron chi connectivity index (χ2n) is 5.18. The van der Waals surface area contributed by atoms with Gasteiger partial charge in [0, 0.05) is 12.2 Å². The molecule has 0 N–H and O–H groups in total. The third kappa shape index (κ3) is 4.36. The zero-order chi connectivity index (χ0) is 14.6. The van der Waals surface area contributed by atoms with E-state index in [0.717, 1.165) is 16.8 Å². The smallest absolute Gasteiger partial charge is 0.243 e. The molecule has 0 atom stereocenters. The van der Waals surface area contributed by atoms with Crippen molar-refractivity contribution in [1.29, 1.82) is 5.26 Å². The van der Waals surface area contributed by atoms with Gasteiger partial charge in [-0.3, -0.25) is 4.79 Å². The summed E-state index contributed by atoms with van der Waals surface area (Å²) in [4.78, 5) is 14.1. The van der Waals surface area contributed by atoms with Gasteiger partial charge in [-0.2, -0.15) is 5.26 Å². The van der Waals surface area contributed by atoms with Crippen molar-refractivity contribution in [1.82, 2.24) is 0 Å². The molecule has 3 nitrogen and oxygen atoms in total. The van der Waals surface area contributed by atoms with Crippen LogP contribution in [0.1, 0.15) is 31.4 Å². The Hall–Kier alpha value is -1.34. The van der Waals surface area contributed by atoms with Crippen LogP contribution in [0, 0.1) is 25.2 Å². The molecule has 102 valence electrons. The highest BCUT2D eigenvalue weighted by Gasteiger charge is 2.30. The number of hydrogen-bond acceptors (Lipinski definition) is 2. The lowest BCUT2D eigenvalue weighted by Crippen LogP contribution is -2.42. The molecule has 0 unspecified atom stereocenters. The summed E-state index contributed by atoms with van der Waals surface area (Å²) in [6, 6.07) is 8.11. The van der Waals surface area contributed by atoms with Crippen molar-refractivity contribution in [2.45, 2.75) is 38.4 Å². The number of rotatable bonds is 4. The first-order valence-electron chi connectivity index (χ1n) is 6.22. The van der Waals surface area contributed by atoms with Gasteiger partial charge in [0.2, 0.25) is 5.91 Å². The van der Waals surface area contributed by atoms with Crippen LogP contribution >= 0.6 is 15.9 Å². The number of anilines is 1. The molecule has 0 saturated carbocycles. The maximum Gasteiger partial charge on any atom is 0.243 e. The van der Waals surface area contributed by atoms with E-state index in [-0.39, 0.29) is 5.91 Å². The molecule has 0 heterocycles. The van der Waals surface area contributed by atoms with E-state index in [1.807, 2.05) is 39.8 Å². The number of nitrogens with zero attached hydrogens (tertiary/aromatic N) is 2. The van der Waals surface area contributed by atoms with Gasteiger partial charge in [0.1, 0.15) is 0 Å². The summed E-state index contributed by atoms with van der Waals surface area (Å²) in [6.45, 7) is 8.05. The molecule has 1 aromatic rings. The zero-order valence-electron chi connectivity index (χ0n) is 11.8. The summed E-state index contributed by atoms with van der Waals surface area (Å²) in [7, 11) is 0. The van der Waals surface area contributed by atoms with Crippen LogP contribution in [0.4, 0.5) is 5.69 Å². The minimum Gasteiger partial charge on any atom is -0.310 e. The molecule has 0 aliphatic rings. The van der Waals surface area contributed by atoms with Gasteiger partial charge in [-0.05, 0) is 51.0 Å². The number of hydrogen-bond donors (Lipinski definition) is 0. The van der Waals surface area contributed by atoms with Crippen molar-refractivity contribution in [2.75, 3.05) is 11.4 Å². The van der Waals surface area contributed by atoms with Crippen LogP contribution in [0.15, 0.2) is 18.2 Å². The molecule has 0 fully saturated rings. The minimum atomic E-state index is -0.639. The fraction of sp³-hybridized carbons (Fsp3) is 0.467. The van der Waals surface area contributed by atoms with Crippen molar-refractivity contribution < 1.29 is 4.79 Å². The van der Waals surface area contributed by atoms with Crippen molar-refractivity contribution in [2.24, 2.45) is 0 Å². The number of halogens is 1. The molecule has 1 amide bonds. The fourth-order valence-corrected chi connectivity index (χ4v) is 2.15. The van der Waals surface area contributed by atoms with Crippen LogP contribution in [0.3, 0.4) is 0 Å². The van der Waals surface area contributed by atoms with E-state index >= 15 is 0 Å². The summed E-state index contributed by atoms with van der Waals surface area (Å²) in [5.74, 6) is -0.0345. The first-order valence-corrected chi connectivity index (χ1v) is 7.01. The van der Waals surface area contributed by atoms with E-state index in [1.54, 1.807) is 4.90 Å². The van der Waals surface area contributed by atoms with E-state index in [0.29, 0.717) is 13.0 Å². The van der Waals surface area contributed by atoms with E-state index in [2.05, 4.69) is 28.1 Å². The first kappa shape index (κ1) is 15.7. The maximum atomic E-state index is 12.5. The normalized spacial score (nSPS) is 10.9. The predicted molar refractivity (Wildman–Crippen MR) is 81.5 cm³/mol. The molecular weight excluding hydrogens is 304 g/mol. The number of benzene rings is 1. The lowest BCUT2D eigenvalue weighted by Gasteiger charge is -2.28. The van der Waals surface area contributed by atoms with Gasteiger partial charge in [0.25, 0.3) is 0 Å². The molecule has 0 radical (unpaired) electrons. The highest BCUT2D eigenvalue weighted by molar-refractivity contribution is 9.10. The van der Waals surface area contributed by atoms with Crippen LogP contribution < -0.4 is 4.90 Å². The summed E-state index contributed by atoms with van der Waals surface area (Å²) in [5, 5.41) is 8.76. The monoisotopic (exact) mass is 322 g/mol. The average Bonchev–Trinajstić information content (AvgIpc) is 2.26. The van der Waals surface area contributed by atoms with Gasteiger partial charge in [-0.25, -0.2) is 0 Å². The summed E-state index contributed by atoms with van der Waals surface area (Å²) < 4.78 is -0.639. The first-order chi connectivity index (χ1) is 8.75. The molecule has 1 rings (SSSR count). The topological polar surface area (TPSA) is 44.1 Å². The minimum absolute atomic E-state index is 0.0345. The number of alkyl halides is 1. The summed E-state index contributed by atoms with van der Waals surface area (Å²) >= 11 is 3.40. The van der Waals surface area contributed by atoms with Gasteiger partial charge < -0.3 is 4.90 Å².